The standard InChI is InChI=1S/C36H64O7Si/c1-14-29(43-44(12,13)35(6,7)8)27(5)34-30(41-34)22-24(2)16-15-17-25(3)33-26(4)18-19-31(39-10)36(9,40-11)21-20-28(37)23-32(38)42-33/h15-19,24,26-31,33-34,37H,14,20-23H2,1-13H3. The van der Waals surface area contributed by atoms with Crippen LogP contribution < -0.4 is 0 Å². The van der Waals surface area contributed by atoms with Crippen molar-refractivity contribution in [1.29, 1.82) is 0 Å². The van der Waals surface area contributed by atoms with Crippen molar-refractivity contribution in [1.82, 2.24) is 0 Å². The normalized spacial score (nSPS) is 33.3. The summed E-state index contributed by atoms with van der Waals surface area (Å²) < 4.78 is 30.5. The molecule has 254 valence electrons. The lowest BCUT2D eigenvalue weighted by molar-refractivity contribution is -0.151. The van der Waals surface area contributed by atoms with Gasteiger partial charge in [-0.15, -0.1) is 0 Å². The third-order valence-electron chi connectivity index (χ3n) is 10.3. The number of ether oxygens (including phenoxy) is 4. The molecule has 0 aliphatic carbocycles. The van der Waals surface area contributed by atoms with E-state index in [1.807, 2.05) is 39.0 Å². The highest BCUT2D eigenvalue weighted by Gasteiger charge is 2.48. The Balaban J connectivity index is 2.07. The lowest BCUT2D eigenvalue weighted by Gasteiger charge is -2.40. The number of carbonyl (C=O) groups excluding carboxylic acids is 1. The number of rotatable bonds is 12. The van der Waals surface area contributed by atoms with Crippen LogP contribution >= 0.6 is 0 Å². The fourth-order valence-corrected chi connectivity index (χ4v) is 7.39. The second-order valence-electron chi connectivity index (χ2n) is 15.1. The Morgan fingerprint density at radius 3 is 2.45 bits per heavy atom. The molecule has 2 heterocycles. The zero-order chi connectivity index (χ0) is 33.5. The fourth-order valence-electron chi connectivity index (χ4n) is 5.90. The number of aliphatic hydroxyl groups is 1. The third-order valence-corrected chi connectivity index (χ3v) is 14.8. The molecule has 2 aliphatic heterocycles. The summed E-state index contributed by atoms with van der Waals surface area (Å²) in [5, 5.41) is 10.7. The van der Waals surface area contributed by atoms with E-state index in [1.165, 1.54) is 0 Å². The molecule has 8 heteroatoms. The van der Waals surface area contributed by atoms with Crippen LogP contribution in [0.25, 0.3) is 0 Å². The van der Waals surface area contributed by atoms with E-state index in [4.69, 9.17) is 23.4 Å². The lowest BCUT2D eigenvalue weighted by Crippen LogP contribution is -2.46. The van der Waals surface area contributed by atoms with E-state index in [2.05, 4.69) is 66.8 Å². The summed E-state index contributed by atoms with van der Waals surface area (Å²) in [6.07, 6.45) is 12.3. The Morgan fingerprint density at radius 1 is 1.23 bits per heavy atom. The maximum atomic E-state index is 12.8. The summed E-state index contributed by atoms with van der Waals surface area (Å²) in [7, 11) is 1.47. The molecule has 0 amide bonds. The molecule has 1 fully saturated rings. The molecule has 2 aliphatic rings. The zero-order valence-electron chi connectivity index (χ0n) is 30.0. The van der Waals surface area contributed by atoms with Gasteiger partial charge in [-0.3, -0.25) is 4.79 Å². The average Bonchev–Trinajstić information content (AvgIpc) is 3.70. The van der Waals surface area contributed by atoms with E-state index in [0.29, 0.717) is 24.7 Å². The highest BCUT2D eigenvalue weighted by atomic mass is 28.4. The van der Waals surface area contributed by atoms with Gasteiger partial charge in [-0.1, -0.05) is 78.8 Å². The van der Waals surface area contributed by atoms with Crippen LogP contribution in [0.2, 0.25) is 18.1 Å². The van der Waals surface area contributed by atoms with Crippen molar-refractivity contribution < 1.29 is 33.3 Å². The summed E-state index contributed by atoms with van der Waals surface area (Å²) in [4.78, 5) is 12.8. The molecular weight excluding hydrogens is 572 g/mol. The van der Waals surface area contributed by atoms with Crippen LogP contribution in [-0.2, 0) is 28.2 Å². The number of esters is 1. The zero-order valence-corrected chi connectivity index (χ0v) is 31.0. The van der Waals surface area contributed by atoms with Gasteiger partial charge in [-0.2, -0.15) is 0 Å². The van der Waals surface area contributed by atoms with E-state index in [9.17, 15) is 9.90 Å². The van der Waals surface area contributed by atoms with Gasteiger partial charge in [0.1, 0.15) is 12.2 Å². The van der Waals surface area contributed by atoms with Gasteiger partial charge in [0.2, 0.25) is 0 Å². The molecule has 10 unspecified atom stereocenters. The molecule has 0 aromatic carbocycles. The first-order valence-corrected chi connectivity index (χ1v) is 19.6. The lowest BCUT2D eigenvalue weighted by atomic mass is 9.88. The Morgan fingerprint density at radius 2 is 1.89 bits per heavy atom. The largest absolute Gasteiger partial charge is 0.457 e. The van der Waals surface area contributed by atoms with Crippen molar-refractivity contribution in [3.63, 3.8) is 0 Å². The van der Waals surface area contributed by atoms with Crippen molar-refractivity contribution in [2.45, 2.75) is 155 Å². The highest BCUT2D eigenvalue weighted by Crippen LogP contribution is 2.42. The highest BCUT2D eigenvalue weighted by molar-refractivity contribution is 6.74. The molecular formula is C36H64O7Si. The SMILES string of the molecule is CCC(O[Si](C)(C)C(C)(C)C)C(C)C1OC1CC(C)C=CC=C(C)C1OC(=O)CC(O)CCC(C)(OC)C(OC)C=CC1C. The van der Waals surface area contributed by atoms with Crippen LogP contribution in [0.4, 0.5) is 0 Å². The Labute approximate surface area is 269 Å². The minimum Gasteiger partial charge on any atom is -0.457 e. The van der Waals surface area contributed by atoms with Gasteiger partial charge >= 0.3 is 5.97 Å². The number of hydrogen-bond donors (Lipinski definition) is 1. The van der Waals surface area contributed by atoms with Gasteiger partial charge in [0.05, 0.1) is 30.3 Å². The molecule has 0 aromatic heterocycles. The van der Waals surface area contributed by atoms with Crippen LogP contribution in [0.5, 0.6) is 0 Å². The number of aliphatic hydroxyl groups excluding tert-OH is 1. The first-order chi connectivity index (χ1) is 20.4. The molecule has 1 N–H and O–H groups in total. The van der Waals surface area contributed by atoms with Gasteiger partial charge in [0, 0.05) is 32.2 Å². The second-order valence-corrected chi connectivity index (χ2v) is 19.8. The molecule has 0 aromatic rings. The third kappa shape index (κ3) is 10.9. The summed E-state index contributed by atoms with van der Waals surface area (Å²) in [5.74, 6) is 0.201. The molecule has 0 spiro atoms. The Kier molecular flexibility index (Phi) is 14.6. The van der Waals surface area contributed by atoms with Gasteiger partial charge in [-0.05, 0) is 69.2 Å². The molecule has 10 atom stereocenters. The summed E-state index contributed by atoms with van der Waals surface area (Å²) in [6.45, 7) is 24.2. The van der Waals surface area contributed by atoms with Crippen LogP contribution in [-0.4, -0.2) is 75.8 Å². The number of methoxy groups -OCH3 is 2. The summed E-state index contributed by atoms with van der Waals surface area (Å²) >= 11 is 0. The van der Waals surface area contributed by atoms with Gasteiger partial charge in [0.15, 0.2) is 8.32 Å². The number of hydrogen-bond acceptors (Lipinski definition) is 7. The van der Waals surface area contributed by atoms with Gasteiger partial charge in [-0.25, -0.2) is 0 Å². The maximum Gasteiger partial charge on any atom is 0.309 e. The van der Waals surface area contributed by atoms with Crippen LogP contribution in [0.1, 0.15) is 94.4 Å². The first kappa shape index (κ1) is 38.9. The topological polar surface area (TPSA) is 86.8 Å². The predicted octanol–water partition coefficient (Wildman–Crippen LogP) is 7.79. The number of epoxide rings is 1. The van der Waals surface area contributed by atoms with Crippen molar-refractivity contribution in [3.8, 4) is 0 Å². The maximum absolute atomic E-state index is 12.8. The van der Waals surface area contributed by atoms with E-state index in [0.717, 1.165) is 18.4 Å². The molecule has 0 saturated carbocycles. The fraction of sp³-hybridized carbons (Fsp3) is 0.806. The number of carbonyl (C=O) groups is 1. The quantitative estimate of drug-likeness (QED) is 0.0769. The van der Waals surface area contributed by atoms with Crippen LogP contribution in [0.3, 0.4) is 0 Å². The molecule has 2 rings (SSSR count). The predicted molar refractivity (Wildman–Crippen MR) is 181 cm³/mol. The summed E-state index contributed by atoms with van der Waals surface area (Å²) in [5.41, 5.74) is 0.322. The molecule has 44 heavy (non-hydrogen) atoms. The molecule has 1 saturated heterocycles. The van der Waals surface area contributed by atoms with E-state index >= 15 is 0 Å². The smallest absolute Gasteiger partial charge is 0.309 e. The van der Waals surface area contributed by atoms with Crippen LogP contribution in [0.15, 0.2) is 36.0 Å². The van der Waals surface area contributed by atoms with Crippen LogP contribution in [0, 0.1) is 17.8 Å². The second kappa shape index (κ2) is 16.5. The Bertz CT molecular complexity index is 999. The molecule has 0 bridgehead atoms. The molecule has 7 nitrogen and oxygen atoms in total. The van der Waals surface area contributed by atoms with E-state index in [-0.39, 0.29) is 41.8 Å². The van der Waals surface area contributed by atoms with Gasteiger partial charge in [0.25, 0.3) is 0 Å². The van der Waals surface area contributed by atoms with Crippen molar-refractivity contribution >= 4 is 14.3 Å². The van der Waals surface area contributed by atoms with Crippen molar-refractivity contribution in [2.75, 3.05) is 14.2 Å². The minimum absolute atomic E-state index is 0.0503. The van der Waals surface area contributed by atoms with Crippen molar-refractivity contribution in [2.24, 2.45) is 17.8 Å². The number of allylic oxidation sites excluding steroid dienone is 3. The van der Waals surface area contributed by atoms with E-state index in [1.54, 1.807) is 14.2 Å². The molecule has 0 radical (unpaired) electrons. The average molecular weight is 637 g/mol. The Hall–Kier alpha value is -1.29. The minimum atomic E-state index is -1.84. The first-order valence-electron chi connectivity index (χ1n) is 16.7. The van der Waals surface area contributed by atoms with Crippen molar-refractivity contribution in [3.05, 3.63) is 36.0 Å². The van der Waals surface area contributed by atoms with Gasteiger partial charge < -0.3 is 28.5 Å². The summed E-state index contributed by atoms with van der Waals surface area (Å²) in [6, 6.07) is 0. The monoisotopic (exact) mass is 636 g/mol. The van der Waals surface area contributed by atoms with E-state index < -0.39 is 32.1 Å². The number of cyclic esters (lactones) is 1.